The van der Waals surface area contributed by atoms with E-state index in [4.69, 9.17) is 0 Å². The van der Waals surface area contributed by atoms with Crippen LogP contribution in [-0.4, -0.2) is 51.0 Å². The molecule has 1 N–H and O–H groups in total. The van der Waals surface area contributed by atoms with E-state index in [1.54, 1.807) is 0 Å². The molecule has 0 bridgehead atoms. The van der Waals surface area contributed by atoms with E-state index in [0.717, 1.165) is 44.1 Å². The topological polar surface area (TPSA) is 54.2 Å². The maximum atomic E-state index is 9.40. The molecule has 0 aliphatic carbocycles. The Balaban J connectivity index is 1.84. The third kappa shape index (κ3) is 1.95. The van der Waals surface area contributed by atoms with Gasteiger partial charge in [0.1, 0.15) is 11.6 Å². The van der Waals surface area contributed by atoms with Gasteiger partial charge in [0.2, 0.25) is 0 Å². The first-order valence-electron chi connectivity index (χ1n) is 7.09. The second-order valence-corrected chi connectivity index (χ2v) is 5.47. The molecule has 1 fully saturated rings. The highest BCUT2D eigenvalue weighted by Gasteiger charge is 2.31. The van der Waals surface area contributed by atoms with Crippen molar-refractivity contribution < 1.29 is 5.11 Å². The standard InChI is InChI=1S/C13H22N4O/c1-2-16-7-5-10(8-16)12-14-15-13-11(9-18)4-3-6-17(12)13/h10-11,18H,2-9H2,1H3. The van der Waals surface area contributed by atoms with Gasteiger partial charge in [-0.25, -0.2) is 0 Å². The summed E-state index contributed by atoms with van der Waals surface area (Å²) in [4.78, 5) is 2.47. The maximum absolute atomic E-state index is 9.40. The second kappa shape index (κ2) is 4.97. The van der Waals surface area contributed by atoms with E-state index in [2.05, 4.69) is 26.6 Å². The van der Waals surface area contributed by atoms with Crippen LogP contribution in [0, 0.1) is 0 Å². The fourth-order valence-corrected chi connectivity index (χ4v) is 3.29. The molecular formula is C13H22N4O. The van der Waals surface area contributed by atoms with Gasteiger partial charge in [0.15, 0.2) is 0 Å². The molecule has 3 heterocycles. The average Bonchev–Trinajstić information content (AvgIpc) is 3.03. The molecule has 0 radical (unpaired) electrons. The lowest BCUT2D eigenvalue weighted by Gasteiger charge is -2.23. The lowest BCUT2D eigenvalue weighted by atomic mass is 9.99. The normalized spacial score (nSPS) is 28.6. The summed E-state index contributed by atoms with van der Waals surface area (Å²) >= 11 is 0. The van der Waals surface area contributed by atoms with Gasteiger partial charge in [-0.3, -0.25) is 0 Å². The average molecular weight is 250 g/mol. The van der Waals surface area contributed by atoms with Crippen molar-refractivity contribution in [1.29, 1.82) is 0 Å². The molecule has 2 aliphatic rings. The van der Waals surface area contributed by atoms with Gasteiger partial charge in [-0.2, -0.15) is 0 Å². The Kier molecular flexibility index (Phi) is 3.35. The molecule has 1 aromatic rings. The zero-order valence-electron chi connectivity index (χ0n) is 11.0. The summed E-state index contributed by atoms with van der Waals surface area (Å²) in [5.41, 5.74) is 0. The molecule has 5 heteroatoms. The number of likely N-dealkylation sites (N-methyl/N-ethyl adjacent to an activating group) is 1. The highest BCUT2D eigenvalue weighted by Crippen LogP contribution is 2.31. The third-order valence-electron chi connectivity index (χ3n) is 4.41. The minimum atomic E-state index is 0.198. The van der Waals surface area contributed by atoms with Crippen molar-refractivity contribution in [3.8, 4) is 0 Å². The van der Waals surface area contributed by atoms with Gasteiger partial charge in [-0.15, -0.1) is 10.2 Å². The van der Waals surface area contributed by atoms with Crippen molar-refractivity contribution in [2.45, 2.75) is 44.6 Å². The number of aromatic nitrogens is 3. The van der Waals surface area contributed by atoms with E-state index >= 15 is 0 Å². The Morgan fingerprint density at radius 2 is 2.06 bits per heavy atom. The van der Waals surface area contributed by atoms with Crippen LogP contribution in [0.15, 0.2) is 0 Å². The number of fused-ring (bicyclic) bond motifs is 1. The first kappa shape index (κ1) is 12.1. The predicted molar refractivity (Wildman–Crippen MR) is 68.6 cm³/mol. The minimum Gasteiger partial charge on any atom is -0.396 e. The summed E-state index contributed by atoms with van der Waals surface area (Å²) in [6, 6.07) is 0. The number of likely N-dealkylation sites (tertiary alicyclic amines) is 1. The molecule has 0 spiro atoms. The number of hydrogen-bond acceptors (Lipinski definition) is 4. The van der Waals surface area contributed by atoms with Crippen molar-refractivity contribution in [3.05, 3.63) is 11.6 Å². The van der Waals surface area contributed by atoms with Crippen LogP contribution in [0.3, 0.4) is 0 Å². The highest BCUT2D eigenvalue weighted by atomic mass is 16.3. The van der Waals surface area contributed by atoms with Gasteiger partial charge in [0.05, 0.1) is 6.61 Å². The summed E-state index contributed by atoms with van der Waals surface area (Å²) in [5.74, 6) is 2.89. The van der Waals surface area contributed by atoms with Crippen LogP contribution in [0.4, 0.5) is 0 Å². The maximum Gasteiger partial charge on any atom is 0.138 e. The van der Waals surface area contributed by atoms with E-state index in [-0.39, 0.29) is 12.5 Å². The molecule has 0 saturated carbocycles. The van der Waals surface area contributed by atoms with Gasteiger partial charge in [-0.05, 0) is 32.4 Å². The predicted octanol–water partition coefficient (Wildman–Crippen LogP) is 0.957. The van der Waals surface area contributed by atoms with Crippen molar-refractivity contribution in [3.63, 3.8) is 0 Å². The first-order chi connectivity index (χ1) is 8.83. The van der Waals surface area contributed by atoms with E-state index in [1.165, 1.54) is 13.0 Å². The lowest BCUT2D eigenvalue weighted by Crippen LogP contribution is -2.23. The third-order valence-corrected chi connectivity index (χ3v) is 4.41. The van der Waals surface area contributed by atoms with Crippen molar-refractivity contribution in [1.82, 2.24) is 19.7 Å². The molecule has 0 amide bonds. The largest absolute Gasteiger partial charge is 0.396 e. The number of hydrogen-bond donors (Lipinski definition) is 1. The summed E-state index contributed by atoms with van der Waals surface area (Å²) in [6.45, 7) is 6.84. The van der Waals surface area contributed by atoms with Gasteiger partial charge < -0.3 is 14.6 Å². The molecule has 2 atom stereocenters. The molecule has 100 valence electrons. The Morgan fingerprint density at radius 1 is 1.22 bits per heavy atom. The zero-order chi connectivity index (χ0) is 12.5. The number of aliphatic hydroxyl groups is 1. The molecule has 0 aromatic carbocycles. The summed E-state index contributed by atoms with van der Waals surface area (Å²) in [6.07, 6.45) is 3.36. The molecule has 3 rings (SSSR count). The Bertz CT molecular complexity index is 417. The smallest absolute Gasteiger partial charge is 0.138 e. The lowest BCUT2D eigenvalue weighted by molar-refractivity contribution is 0.236. The van der Waals surface area contributed by atoms with Crippen molar-refractivity contribution in [2.75, 3.05) is 26.2 Å². The quantitative estimate of drug-likeness (QED) is 0.868. The zero-order valence-corrected chi connectivity index (χ0v) is 11.0. The number of aliphatic hydroxyl groups excluding tert-OH is 1. The fourth-order valence-electron chi connectivity index (χ4n) is 3.29. The summed E-state index contributed by atoms with van der Waals surface area (Å²) < 4.78 is 2.27. The van der Waals surface area contributed by atoms with E-state index in [9.17, 15) is 5.11 Å². The molecule has 18 heavy (non-hydrogen) atoms. The van der Waals surface area contributed by atoms with Crippen LogP contribution in [0.25, 0.3) is 0 Å². The van der Waals surface area contributed by atoms with E-state index in [1.807, 2.05) is 0 Å². The number of nitrogens with zero attached hydrogens (tertiary/aromatic N) is 4. The van der Waals surface area contributed by atoms with Gasteiger partial charge >= 0.3 is 0 Å². The van der Waals surface area contributed by atoms with Crippen LogP contribution in [-0.2, 0) is 6.54 Å². The monoisotopic (exact) mass is 250 g/mol. The molecule has 1 aromatic heterocycles. The minimum absolute atomic E-state index is 0.198. The van der Waals surface area contributed by atoms with Crippen LogP contribution in [0.2, 0.25) is 0 Å². The Morgan fingerprint density at radius 3 is 2.78 bits per heavy atom. The second-order valence-electron chi connectivity index (χ2n) is 5.47. The molecule has 1 saturated heterocycles. The van der Waals surface area contributed by atoms with Gasteiger partial charge in [-0.1, -0.05) is 6.92 Å². The molecule has 2 aliphatic heterocycles. The van der Waals surface area contributed by atoms with E-state index in [0.29, 0.717) is 5.92 Å². The first-order valence-corrected chi connectivity index (χ1v) is 7.09. The summed E-state index contributed by atoms with van der Waals surface area (Å²) in [7, 11) is 0. The van der Waals surface area contributed by atoms with Crippen LogP contribution < -0.4 is 0 Å². The number of rotatable bonds is 3. The van der Waals surface area contributed by atoms with Crippen molar-refractivity contribution >= 4 is 0 Å². The molecule has 2 unspecified atom stereocenters. The SMILES string of the molecule is CCN1CCC(c2nnc3n2CCCC3CO)C1. The summed E-state index contributed by atoms with van der Waals surface area (Å²) in [5, 5.41) is 18.2. The fraction of sp³-hybridized carbons (Fsp3) is 0.846. The van der Waals surface area contributed by atoms with Crippen LogP contribution in [0.5, 0.6) is 0 Å². The Labute approximate surface area is 108 Å². The van der Waals surface area contributed by atoms with Crippen molar-refractivity contribution in [2.24, 2.45) is 0 Å². The van der Waals surface area contributed by atoms with Crippen LogP contribution >= 0.6 is 0 Å². The molecular weight excluding hydrogens is 228 g/mol. The highest BCUT2D eigenvalue weighted by molar-refractivity contribution is 5.10. The Hall–Kier alpha value is -0.940. The van der Waals surface area contributed by atoms with Crippen LogP contribution in [0.1, 0.15) is 49.7 Å². The van der Waals surface area contributed by atoms with Gasteiger partial charge in [0.25, 0.3) is 0 Å². The molecule has 5 nitrogen and oxygen atoms in total. The van der Waals surface area contributed by atoms with E-state index < -0.39 is 0 Å². The van der Waals surface area contributed by atoms with Gasteiger partial charge in [0, 0.05) is 24.9 Å².